The molecule has 0 fully saturated rings. The Morgan fingerprint density at radius 3 is 2.08 bits per heavy atom. The van der Waals surface area contributed by atoms with Gasteiger partial charge in [-0.2, -0.15) is 0 Å². The monoisotopic (exact) mass is 338 g/mol. The highest BCUT2D eigenvalue weighted by Gasteiger charge is 2.35. The first-order chi connectivity index (χ1) is 11.8. The normalized spacial score (nSPS) is 11.2. The lowest BCUT2D eigenvalue weighted by Gasteiger charge is -2.23. The second-order valence-electron chi connectivity index (χ2n) is 7.02. The summed E-state index contributed by atoms with van der Waals surface area (Å²) in [7, 11) is 0. The molecule has 0 aliphatic carbocycles. The number of carbonyl (C=O) groups excluding carboxylic acids is 2. The van der Waals surface area contributed by atoms with Gasteiger partial charge in [0.05, 0.1) is 0 Å². The molecule has 2 N–H and O–H groups in total. The van der Waals surface area contributed by atoms with Crippen LogP contribution in [0.25, 0.3) is 0 Å². The van der Waals surface area contributed by atoms with Gasteiger partial charge in [-0.25, -0.2) is 0 Å². The average Bonchev–Trinajstić information content (AvgIpc) is 2.60. The van der Waals surface area contributed by atoms with Crippen molar-refractivity contribution in [2.24, 2.45) is 5.41 Å². The van der Waals surface area contributed by atoms with Crippen molar-refractivity contribution in [2.75, 3.05) is 5.32 Å². The van der Waals surface area contributed by atoms with Crippen LogP contribution in [-0.2, 0) is 16.1 Å². The topological polar surface area (TPSA) is 58.2 Å². The summed E-state index contributed by atoms with van der Waals surface area (Å²) in [6.45, 7) is 7.90. The van der Waals surface area contributed by atoms with Gasteiger partial charge in [0.15, 0.2) is 0 Å². The molecule has 0 aromatic heterocycles. The van der Waals surface area contributed by atoms with E-state index < -0.39 is 5.41 Å². The molecule has 2 aromatic rings. The third kappa shape index (κ3) is 4.92. The van der Waals surface area contributed by atoms with Crippen LogP contribution in [0, 0.1) is 5.41 Å². The maximum atomic E-state index is 12.5. The second kappa shape index (κ2) is 7.97. The van der Waals surface area contributed by atoms with Crippen LogP contribution in [0.2, 0.25) is 0 Å². The zero-order valence-corrected chi connectivity index (χ0v) is 15.3. The molecular weight excluding hydrogens is 312 g/mol. The quantitative estimate of drug-likeness (QED) is 0.779. The van der Waals surface area contributed by atoms with Gasteiger partial charge in [-0.3, -0.25) is 9.59 Å². The van der Waals surface area contributed by atoms with Gasteiger partial charge >= 0.3 is 0 Å². The van der Waals surface area contributed by atoms with Gasteiger partial charge in [0.25, 0.3) is 0 Å². The molecule has 132 valence electrons. The van der Waals surface area contributed by atoms with Crippen molar-refractivity contribution in [1.29, 1.82) is 0 Å². The summed E-state index contributed by atoms with van der Waals surface area (Å²) in [4.78, 5) is 25.0. The summed E-state index contributed by atoms with van der Waals surface area (Å²) >= 11 is 0. The van der Waals surface area contributed by atoms with E-state index in [1.165, 1.54) is 5.56 Å². The molecule has 4 nitrogen and oxygen atoms in total. The number of hydrogen-bond acceptors (Lipinski definition) is 2. The molecule has 2 rings (SSSR count). The Hall–Kier alpha value is -2.62. The highest BCUT2D eigenvalue weighted by molar-refractivity contribution is 6.09. The summed E-state index contributed by atoms with van der Waals surface area (Å²) in [6, 6.07) is 17.3. The van der Waals surface area contributed by atoms with Crippen molar-refractivity contribution in [3.05, 3.63) is 65.7 Å². The number of amides is 2. The van der Waals surface area contributed by atoms with Crippen molar-refractivity contribution in [3.63, 3.8) is 0 Å². The summed E-state index contributed by atoms with van der Waals surface area (Å²) in [5, 5.41) is 5.66. The highest BCUT2D eigenvalue weighted by Crippen LogP contribution is 2.21. The van der Waals surface area contributed by atoms with Gasteiger partial charge in [0.2, 0.25) is 11.8 Å². The van der Waals surface area contributed by atoms with E-state index in [1.807, 2.05) is 54.6 Å². The van der Waals surface area contributed by atoms with Crippen LogP contribution in [0.4, 0.5) is 5.69 Å². The smallest absolute Gasteiger partial charge is 0.239 e. The number of rotatable bonds is 6. The van der Waals surface area contributed by atoms with Crippen molar-refractivity contribution in [3.8, 4) is 0 Å². The summed E-state index contributed by atoms with van der Waals surface area (Å²) in [5.74, 6) is -0.187. The first kappa shape index (κ1) is 18.7. The lowest BCUT2D eigenvalue weighted by Crippen LogP contribution is -2.44. The van der Waals surface area contributed by atoms with Crippen LogP contribution in [-0.4, -0.2) is 11.8 Å². The molecule has 0 radical (unpaired) electrons. The molecule has 0 unspecified atom stereocenters. The molecule has 0 spiro atoms. The number of carbonyl (C=O) groups is 2. The van der Waals surface area contributed by atoms with Crippen LogP contribution >= 0.6 is 0 Å². The summed E-state index contributed by atoms with van der Waals surface area (Å²) < 4.78 is 0. The van der Waals surface area contributed by atoms with Crippen LogP contribution in [0.3, 0.4) is 0 Å². The fourth-order valence-corrected chi connectivity index (χ4v) is 2.34. The molecule has 4 heteroatoms. The molecule has 2 amide bonds. The van der Waals surface area contributed by atoms with Crippen molar-refractivity contribution < 1.29 is 9.59 Å². The molecule has 0 bridgehead atoms. The molecule has 25 heavy (non-hydrogen) atoms. The van der Waals surface area contributed by atoms with Crippen LogP contribution in [0.5, 0.6) is 0 Å². The van der Waals surface area contributed by atoms with Gasteiger partial charge in [0, 0.05) is 12.2 Å². The average molecular weight is 338 g/mol. The fraction of sp³-hybridized carbons (Fsp3) is 0.333. The minimum absolute atomic E-state index is 0.298. The Balaban J connectivity index is 1.97. The molecule has 0 saturated heterocycles. The number of benzene rings is 2. The van der Waals surface area contributed by atoms with Gasteiger partial charge < -0.3 is 10.6 Å². The maximum Gasteiger partial charge on any atom is 0.239 e. The molecular formula is C21H26N2O2. The third-order valence-corrected chi connectivity index (χ3v) is 4.27. The van der Waals surface area contributed by atoms with Gasteiger partial charge in [-0.15, -0.1) is 0 Å². The molecule has 0 aliphatic heterocycles. The standard InChI is InChI=1S/C21H26N2O2/c1-15(2)17-10-12-18(13-11-17)23-20(25)21(3,4)19(24)22-14-16-8-6-5-7-9-16/h5-13,15H,14H2,1-4H3,(H,22,24)(H,23,25). The van der Waals surface area contributed by atoms with Crippen LogP contribution in [0.15, 0.2) is 54.6 Å². The Bertz CT molecular complexity index is 719. The zero-order valence-electron chi connectivity index (χ0n) is 15.3. The van der Waals surface area contributed by atoms with E-state index in [0.717, 1.165) is 5.56 Å². The van der Waals surface area contributed by atoms with Crippen LogP contribution < -0.4 is 10.6 Å². The second-order valence-corrected chi connectivity index (χ2v) is 7.02. The third-order valence-electron chi connectivity index (χ3n) is 4.27. The first-order valence-electron chi connectivity index (χ1n) is 8.54. The highest BCUT2D eigenvalue weighted by atomic mass is 16.2. The predicted molar refractivity (Wildman–Crippen MR) is 101 cm³/mol. The lowest BCUT2D eigenvalue weighted by molar-refractivity contribution is -0.138. The van der Waals surface area contributed by atoms with Crippen molar-refractivity contribution in [2.45, 2.75) is 40.2 Å². The number of nitrogens with one attached hydrogen (secondary N) is 2. The van der Waals surface area contributed by atoms with Crippen LogP contribution in [0.1, 0.15) is 44.7 Å². The SMILES string of the molecule is CC(C)c1ccc(NC(=O)C(C)(C)C(=O)NCc2ccccc2)cc1. The molecule has 0 aliphatic rings. The molecule has 0 saturated carbocycles. The Morgan fingerprint density at radius 2 is 1.52 bits per heavy atom. The van der Waals surface area contributed by atoms with E-state index in [-0.39, 0.29) is 11.8 Å². The number of hydrogen-bond donors (Lipinski definition) is 2. The Kier molecular flexibility index (Phi) is 5.97. The minimum Gasteiger partial charge on any atom is -0.351 e. The van der Waals surface area contributed by atoms with E-state index in [2.05, 4.69) is 24.5 Å². The molecule has 0 heterocycles. The predicted octanol–water partition coefficient (Wildman–Crippen LogP) is 4.09. The van der Waals surface area contributed by atoms with Crippen molar-refractivity contribution in [1.82, 2.24) is 5.32 Å². The lowest BCUT2D eigenvalue weighted by atomic mass is 9.90. The minimum atomic E-state index is -1.16. The van der Waals surface area contributed by atoms with E-state index >= 15 is 0 Å². The molecule has 2 aromatic carbocycles. The van der Waals surface area contributed by atoms with E-state index in [9.17, 15) is 9.59 Å². The van der Waals surface area contributed by atoms with Gasteiger partial charge in [-0.05, 0) is 43.0 Å². The Labute approximate surface area is 149 Å². The molecule has 0 atom stereocenters. The summed E-state index contributed by atoms with van der Waals surface area (Å²) in [5.41, 5.74) is 1.73. The zero-order chi connectivity index (χ0) is 18.4. The maximum absolute atomic E-state index is 12.5. The Morgan fingerprint density at radius 1 is 0.920 bits per heavy atom. The van der Waals surface area contributed by atoms with Gasteiger partial charge in [0.1, 0.15) is 5.41 Å². The number of anilines is 1. The van der Waals surface area contributed by atoms with Crippen molar-refractivity contribution >= 4 is 17.5 Å². The van der Waals surface area contributed by atoms with E-state index in [1.54, 1.807) is 13.8 Å². The largest absolute Gasteiger partial charge is 0.351 e. The first-order valence-corrected chi connectivity index (χ1v) is 8.54. The summed E-state index contributed by atoms with van der Waals surface area (Å²) in [6.07, 6.45) is 0. The van der Waals surface area contributed by atoms with E-state index in [0.29, 0.717) is 18.2 Å². The van der Waals surface area contributed by atoms with E-state index in [4.69, 9.17) is 0 Å². The fourth-order valence-electron chi connectivity index (χ4n) is 2.34. The van der Waals surface area contributed by atoms with Gasteiger partial charge in [-0.1, -0.05) is 56.3 Å².